The van der Waals surface area contributed by atoms with Crippen molar-refractivity contribution >= 4 is 35.3 Å². The maximum Gasteiger partial charge on any atom is 0.323 e. The van der Waals surface area contributed by atoms with Gasteiger partial charge in [0.1, 0.15) is 31.0 Å². The van der Waals surface area contributed by atoms with Crippen LogP contribution in [0, 0.1) is 0 Å². The molecule has 2 aliphatic heterocycles. The van der Waals surface area contributed by atoms with Gasteiger partial charge in [-0.05, 0) is 44.0 Å². The Morgan fingerprint density at radius 1 is 0.929 bits per heavy atom. The maximum absolute atomic E-state index is 13.4. The number of hydrogen-bond donors (Lipinski definition) is 2. The molecule has 42 heavy (non-hydrogen) atoms. The molecule has 2 aromatic rings. The molecule has 0 spiro atoms. The molecule has 0 aromatic heterocycles. The average molecular weight is 580 g/mol. The fourth-order valence-corrected chi connectivity index (χ4v) is 5.29. The minimum Gasteiger partial charge on any atom is -0.489 e. The second-order valence-electron chi connectivity index (χ2n) is 10.3. The SMILES string of the molecule is CCOC(=O)C(CCCCCCCCN1C(=O)c2ccccc2C1=O)N[C@H]1COc2ccccc2N(CC(=O)O)C1=O. The lowest BCUT2D eigenvalue weighted by Crippen LogP contribution is -2.54. The first-order valence-corrected chi connectivity index (χ1v) is 14.4. The number of fused-ring (bicyclic) bond motifs is 2. The number of unbranched alkanes of at least 4 members (excludes halogenated alkanes) is 5. The van der Waals surface area contributed by atoms with Gasteiger partial charge in [-0.1, -0.05) is 56.4 Å². The quantitative estimate of drug-likeness (QED) is 0.184. The van der Waals surface area contributed by atoms with Gasteiger partial charge in [0, 0.05) is 6.54 Å². The zero-order valence-electron chi connectivity index (χ0n) is 23.8. The number of carboxylic acid groups (broad SMARTS) is 1. The third-order valence-electron chi connectivity index (χ3n) is 7.40. The summed E-state index contributed by atoms with van der Waals surface area (Å²) < 4.78 is 11.1. The van der Waals surface area contributed by atoms with Crippen LogP contribution in [0.5, 0.6) is 5.75 Å². The zero-order valence-corrected chi connectivity index (χ0v) is 23.8. The van der Waals surface area contributed by atoms with Gasteiger partial charge in [0.05, 0.1) is 23.4 Å². The van der Waals surface area contributed by atoms with E-state index in [2.05, 4.69) is 5.32 Å². The molecule has 0 saturated carbocycles. The summed E-state index contributed by atoms with van der Waals surface area (Å²) in [6.45, 7) is 1.70. The van der Waals surface area contributed by atoms with Gasteiger partial charge in [0.25, 0.3) is 11.8 Å². The van der Waals surface area contributed by atoms with Crippen LogP contribution in [-0.2, 0) is 19.1 Å². The highest BCUT2D eigenvalue weighted by Gasteiger charge is 2.36. The Morgan fingerprint density at radius 2 is 1.55 bits per heavy atom. The molecular formula is C31H37N3O8. The number of hydrogen-bond acceptors (Lipinski definition) is 8. The number of aliphatic carboxylic acids is 1. The van der Waals surface area contributed by atoms with Crippen LogP contribution in [0.3, 0.4) is 0 Å². The Kier molecular flexibility index (Phi) is 10.7. The molecule has 2 atom stereocenters. The number of anilines is 1. The van der Waals surface area contributed by atoms with E-state index in [0.29, 0.717) is 42.0 Å². The number of rotatable bonds is 15. The topological polar surface area (TPSA) is 143 Å². The van der Waals surface area contributed by atoms with Crippen molar-refractivity contribution in [3.8, 4) is 5.75 Å². The van der Waals surface area contributed by atoms with Crippen LogP contribution in [0.1, 0.15) is 72.6 Å². The summed E-state index contributed by atoms with van der Waals surface area (Å²) in [6.07, 6.45) is 5.39. The summed E-state index contributed by atoms with van der Waals surface area (Å²) in [5.41, 5.74) is 1.29. The number of nitrogens with one attached hydrogen (secondary N) is 1. The lowest BCUT2D eigenvalue weighted by molar-refractivity contribution is -0.146. The average Bonchev–Trinajstić information content (AvgIpc) is 3.14. The smallest absolute Gasteiger partial charge is 0.323 e. The van der Waals surface area contributed by atoms with E-state index in [1.54, 1.807) is 55.5 Å². The number of para-hydroxylation sites is 2. The van der Waals surface area contributed by atoms with E-state index in [1.165, 1.54) is 4.90 Å². The van der Waals surface area contributed by atoms with Gasteiger partial charge in [-0.2, -0.15) is 0 Å². The number of carboxylic acids is 1. The van der Waals surface area contributed by atoms with Gasteiger partial charge < -0.3 is 14.6 Å². The molecule has 4 rings (SSSR count). The van der Waals surface area contributed by atoms with E-state index in [1.807, 2.05) is 0 Å². The van der Waals surface area contributed by atoms with Crippen LogP contribution in [0.2, 0.25) is 0 Å². The number of imide groups is 1. The highest BCUT2D eigenvalue weighted by Crippen LogP contribution is 2.31. The number of amides is 3. The van der Waals surface area contributed by atoms with E-state index in [9.17, 15) is 29.1 Å². The fourth-order valence-electron chi connectivity index (χ4n) is 5.29. The third kappa shape index (κ3) is 7.33. The van der Waals surface area contributed by atoms with Crippen molar-refractivity contribution in [2.24, 2.45) is 0 Å². The van der Waals surface area contributed by atoms with Crippen LogP contribution in [0.4, 0.5) is 5.69 Å². The lowest BCUT2D eigenvalue weighted by Gasteiger charge is -2.26. The monoisotopic (exact) mass is 579 g/mol. The van der Waals surface area contributed by atoms with Crippen LogP contribution >= 0.6 is 0 Å². The van der Waals surface area contributed by atoms with E-state index in [4.69, 9.17) is 9.47 Å². The number of carbonyl (C=O) groups is 5. The van der Waals surface area contributed by atoms with Gasteiger partial charge in [-0.15, -0.1) is 0 Å². The van der Waals surface area contributed by atoms with Crippen LogP contribution in [-0.4, -0.2) is 78.1 Å². The minimum absolute atomic E-state index is 0.0605. The first-order chi connectivity index (χ1) is 20.3. The molecule has 11 heteroatoms. The summed E-state index contributed by atoms with van der Waals surface area (Å²) >= 11 is 0. The fraction of sp³-hybridized carbons (Fsp3) is 0.452. The Labute approximate surface area is 244 Å². The molecule has 224 valence electrons. The van der Waals surface area contributed by atoms with Crippen LogP contribution in [0.15, 0.2) is 48.5 Å². The molecule has 0 saturated heterocycles. The second-order valence-corrected chi connectivity index (χ2v) is 10.3. The standard InChI is InChI=1S/C31H37N3O8/c1-2-41-31(40)23(32-24-20-42-26-17-11-10-16-25(26)34(30(24)39)19-27(35)36)15-7-5-3-4-6-12-18-33-28(37)21-13-8-9-14-22(21)29(33)38/h8-11,13-14,16-17,23-24,32H,2-7,12,15,18-20H2,1H3,(H,35,36)/t23?,24-/m0/s1. The third-order valence-corrected chi connectivity index (χ3v) is 7.40. The molecule has 2 N–H and O–H groups in total. The van der Waals surface area contributed by atoms with Crippen molar-refractivity contribution in [2.45, 2.75) is 64.0 Å². The number of ether oxygens (including phenoxy) is 2. The van der Waals surface area contributed by atoms with Crippen molar-refractivity contribution in [3.05, 3.63) is 59.7 Å². The van der Waals surface area contributed by atoms with E-state index in [0.717, 1.165) is 37.0 Å². The predicted molar refractivity (Wildman–Crippen MR) is 153 cm³/mol. The molecule has 1 unspecified atom stereocenters. The Hall–Kier alpha value is -4.25. The summed E-state index contributed by atoms with van der Waals surface area (Å²) in [4.78, 5) is 65.1. The Balaban J connectivity index is 1.24. The second kappa shape index (κ2) is 14.6. The number of benzene rings is 2. The van der Waals surface area contributed by atoms with Crippen molar-refractivity contribution in [3.63, 3.8) is 0 Å². The molecule has 0 fully saturated rings. The molecule has 0 radical (unpaired) electrons. The number of nitrogens with zero attached hydrogens (tertiary/aromatic N) is 2. The van der Waals surface area contributed by atoms with E-state index < -0.39 is 36.5 Å². The molecule has 0 bridgehead atoms. The normalized spacial score (nSPS) is 16.9. The van der Waals surface area contributed by atoms with Crippen molar-refractivity contribution in [2.75, 3.05) is 31.2 Å². The number of carbonyl (C=O) groups excluding carboxylic acids is 4. The highest BCUT2D eigenvalue weighted by atomic mass is 16.5. The van der Waals surface area contributed by atoms with Gasteiger partial charge in [0.2, 0.25) is 5.91 Å². The van der Waals surface area contributed by atoms with Gasteiger partial charge in [-0.3, -0.25) is 39.1 Å². The number of esters is 1. The van der Waals surface area contributed by atoms with Crippen LogP contribution < -0.4 is 15.0 Å². The maximum atomic E-state index is 13.4. The summed E-state index contributed by atoms with van der Waals surface area (Å²) in [5.74, 6) is -2.20. The Bertz CT molecular complexity index is 1280. The molecule has 11 nitrogen and oxygen atoms in total. The van der Waals surface area contributed by atoms with Crippen LogP contribution in [0.25, 0.3) is 0 Å². The molecule has 0 aliphatic carbocycles. The summed E-state index contributed by atoms with van der Waals surface area (Å²) in [5, 5.41) is 12.5. The van der Waals surface area contributed by atoms with Crippen molar-refractivity contribution in [1.82, 2.24) is 10.2 Å². The van der Waals surface area contributed by atoms with Gasteiger partial charge in [-0.25, -0.2) is 0 Å². The molecule has 2 heterocycles. The Morgan fingerprint density at radius 3 is 2.21 bits per heavy atom. The molecule has 3 amide bonds. The predicted octanol–water partition coefficient (Wildman–Crippen LogP) is 3.41. The van der Waals surface area contributed by atoms with E-state index in [-0.39, 0.29) is 25.0 Å². The molecular weight excluding hydrogens is 542 g/mol. The molecule has 2 aromatic carbocycles. The van der Waals surface area contributed by atoms with Gasteiger partial charge >= 0.3 is 11.9 Å². The van der Waals surface area contributed by atoms with Crippen molar-refractivity contribution in [1.29, 1.82) is 0 Å². The minimum atomic E-state index is -1.16. The molecule has 2 aliphatic rings. The first kappa shape index (κ1) is 30.7. The summed E-state index contributed by atoms with van der Waals surface area (Å²) in [6, 6.07) is 11.9. The first-order valence-electron chi connectivity index (χ1n) is 14.4. The van der Waals surface area contributed by atoms with E-state index >= 15 is 0 Å². The lowest BCUT2D eigenvalue weighted by atomic mass is 10.0. The highest BCUT2D eigenvalue weighted by molar-refractivity contribution is 6.21. The zero-order chi connectivity index (χ0) is 30.1. The largest absolute Gasteiger partial charge is 0.489 e. The van der Waals surface area contributed by atoms with Crippen molar-refractivity contribution < 1.29 is 38.6 Å². The summed E-state index contributed by atoms with van der Waals surface area (Å²) in [7, 11) is 0. The van der Waals surface area contributed by atoms with Gasteiger partial charge in [0.15, 0.2) is 0 Å².